The van der Waals surface area contributed by atoms with Crippen molar-refractivity contribution in [1.82, 2.24) is 0 Å². The second-order valence-corrected chi connectivity index (χ2v) is 3.02. The lowest BCUT2D eigenvalue weighted by Gasteiger charge is -1.90. The molecule has 0 heterocycles. The summed E-state index contributed by atoms with van der Waals surface area (Å²) in [7, 11) is 0. The molecule has 0 aliphatic carbocycles. The Morgan fingerprint density at radius 3 is 2.40 bits per heavy atom. The lowest BCUT2D eigenvalue weighted by Crippen LogP contribution is -1.68. The van der Waals surface area contributed by atoms with Crippen LogP contribution in [0.5, 0.6) is 0 Å². The summed E-state index contributed by atoms with van der Waals surface area (Å²) in [5, 5.41) is 0. The number of rotatable bonds is 1. The second-order valence-electron chi connectivity index (χ2n) is 2.00. The third-order valence-corrected chi connectivity index (χ3v) is 1.35. The van der Waals surface area contributed by atoms with E-state index in [9.17, 15) is 0 Å². The quantitative estimate of drug-likeness (QED) is 0.646. The van der Waals surface area contributed by atoms with Crippen LogP contribution in [0.15, 0.2) is 34.8 Å². The van der Waals surface area contributed by atoms with Gasteiger partial charge in [0.1, 0.15) is 0 Å². The van der Waals surface area contributed by atoms with Gasteiger partial charge >= 0.3 is 0 Å². The first kappa shape index (κ1) is 7.55. The predicted octanol–water partition coefficient (Wildman–Crippen LogP) is 3.26. The Morgan fingerprint density at radius 1 is 1.30 bits per heavy atom. The first-order chi connectivity index (χ1) is 4.79. The molecular weight excluding hydrogens is 188 g/mol. The third-order valence-electron chi connectivity index (χ3n) is 1.12. The zero-order valence-corrected chi connectivity index (χ0v) is 7.14. The molecule has 10 heavy (non-hydrogen) atoms. The molecule has 0 aliphatic rings. The average Bonchev–Trinajstić information content (AvgIpc) is 1.88. The van der Waals surface area contributed by atoms with Crippen molar-refractivity contribution in [2.75, 3.05) is 0 Å². The van der Waals surface area contributed by atoms with Crippen LogP contribution >= 0.6 is 15.9 Å². The van der Waals surface area contributed by atoms with Crippen molar-refractivity contribution in [1.29, 1.82) is 0 Å². The molecule has 0 amide bonds. The maximum Gasteiger partial charge on any atom is -0.00399 e. The minimum Gasteiger partial charge on any atom is -0.0622 e. The molecule has 0 unspecified atom stereocenters. The van der Waals surface area contributed by atoms with Crippen molar-refractivity contribution < 1.29 is 0 Å². The molecule has 0 saturated carbocycles. The van der Waals surface area contributed by atoms with Crippen molar-refractivity contribution in [3.05, 3.63) is 47.3 Å². The van der Waals surface area contributed by atoms with Gasteiger partial charge in [-0.25, -0.2) is 0 Å². The minimum absolute atomic E-state index is 0.902. The van der Waals surface area contributed by atoms with E-state index in [1.807, 2.05) is 36.4 Å². The van der Waals surface area contributed by atoms with Crippen LogP contribution in [-0.2, 0) is 0 Å². The molecule has 0 fully saturated rings. The minimum atomic E-state index is 0.902. The highest BCUT2D eigenvalue weighted by Crippen LogP contribution is 2.09. The highest BCUT2D eigenvalue weighted by molar-refractivity contribution is 9.11. The lowest BCUT2D eigenvalue weighted by atomic mass is 10.2. The van der Waals surface area contributed by atoms with Crippen molar-refractivity contribution >= 4 is 22.0 Å². The van der Waals surface area contributed by atoms with Crippen LogP contribution in [0.2, 0.25) is 0 Å². The first-order valence-electron chi connectivity index (χ1n) is 3.03. The van der Waals surface area contributed by atoms with Gasteiger partial charge in [0.2, 0.25) is 0 Å². The lowest BCUT2D eigenvalue weighted by molar-refractivity contribution is 1.66. The van der Waals surface area contributed by atoms with Gasteiger partial charge in [0.25, 0.3) is 0 Å². The smallest absolute Gasteiger partial charge is 0.00399 e. The zero-order valence-electron chi connectivity index (χ0n) is 5.55. The van der Waals surface area contributed by atoms with E-state index in [2.05, 4.69) is 22.9 Å². The van der Waals surface area contributed by atoms with Gasteiger partial charge in [-0.1, -0.05) is 46.3 Å². The Balaban J connectivity index is 2.87. The van der Waals surface area contributed by atoms with Gasteiger partial charge in [-0.2, -0.15) is 0 Å². The number of hydrogen-bond acceptors (Lipinski definition) is 0. The van der Waals surface area contributed by atoms with Crippen molar-refractivity contribution in [3.8, 4) is 0 Å². The molecule has 51 valence electrons. The van der Waals surface area contributed by atoms with Gasteiger partial charge in [-0.05, 0) is 23.0 Å². The maximum atomic E-state index is 3.71. The molecule has 0 nitrogen and oxygen atoms in total. The van der Waals surface area contributed by atoms with E-state index in [0.717, 1.165) is 4.48 Å². The summed E-state index contributed by atoms with van der Waals surface area (Å²) in [6.07, 6.45) is 1.97. The van der Waals surface area contributed by atoms with Crippen LogP contribution in [-0.4, -0.2) is 0 Å². The van der Waals surface area contributed by atoms with Crippen LogP contribution in [0.1, 0.15) is 5.56 Å². The highest BCUT2D eigenvalue weighted by Gasteiger charge is 1.83. The Kier molecular flexibility index (Phi) is 2.69. The van der Waals surface area contributed by atoms with Crippen LogP contribution in [0.4, 0.5) is 0 Å². The van der Waals surface area contributed by atoms with Crippen LogP contribution in [0.3, 0.4) is 0 Å². The molecule has 1 heteroatoms. The third kappa shape index (κ3) is 2.36. The molecule has 1 aromatic carbocycles. The van der Waals surface area contributed by atoms with Gasteiger partial charge < -0.3 is 0 Å². The number of allylic oxidation sites excluding steroid dienone is 1. The molecule has 0 saturated heterocycles. The molecular formula is C9H8Br. The summed E-state index contributed by atoms with van der Waals surface area (Å²) < 4.78 is 0.902. The fourth-order valence-corrected chi connectivity index (χ4v) is 0.994. The second kappa shape index (κ2) is 3.57. The Labute approximate surface area is 69.7 Å². The summed E-state index contributed by atoms with van der Waals surface area (Å²) in [5.74, 6) is 0. The monoisotopic (exact) mass is 195 g/mol. The average molecular weight is 196 g/mol. The van der Waals surface area contributed by atoms with Gasteiger partial charge in [-0.15, -0.1) is 0 Å². The van der Waals surface area contributed by atoms with Crippen molar-refractivity contribution in [2.24, 2.45) is 0 Å². The van der Waals surface area contributed by atoms with E-state index in [1.165, 1.54) is 5.56 Å². The maximum absolute atomic E-state index is 3.71. The van der Waals surface area contributed by atoms with Crippen LogP contribution < -0.4 is 0 Å². The summed E-state index contributed by atoms with van der Waals surface area (Å²) in [5.41, 5.74) is 1.17. The SMILES string of the molecule is [CH2]C(Br)=Cc1ccccc1. The Hall–Kier alpha value is -0.560. The first-order valence-corrected chi connectivity index (χ1v) is 3.82. The van der Waals surface area contributed by atoms with Gasteiger partial charge in [0, 0.05) is 0 Å². The number of benzene rings is 1. The molecule has 0 N–H and O–H groups in total. The summed E-state index contributed by atoms with van der Waals surface area (Å²) in [4.78, 5) is 0. The topological polar surface area (TPSA) is 0 Å². The fraction of sp³-hybridized carbons (Fsp3) is 0. The largest absolute Gasteiger partial charge is 0.0622 e. The van der Waals surface area contributed by atoms with Crippen molar-refractivity contribution in [2.45, 2.75) is 0 Å². The molecule has 0 aliphatic heterocycles. The van der Waals surface area contributed by atoms with E-state index < -0.39 is 0 Å². The Bertz CT molecular complexity index is 220. The molecule has 1 radical (unpaired) electrons. The number of halogens is 1. The van der Waals surface area contributed by atoms with E-state index in [0.29, 0.717) is 0 Å². The highest BCUT2D eigenvalue weighted by atomic mass is 79.9. The van der Waals surface area contributed by atoms with E-state index >= 15 is 0 Å². The molecule has 0 atom stereocenters. The van der Waals surface area contributed by atoms with Crippen molar-refractivity contribution in [3.63, 3.8) is 0 Å². The van der Waals surface area contributed by atoms with E-state index in [1.54, 1.807) is 0 Å². The fourth-order valence-electron chi connectivity index (χ4n) is 0.730. The predicted molar refractivity (Wildman–Crippen MR) is 48.7 cm³/mol. The summed E-state index contributed by atoms with van der Waals surface area (Å²) in [6.45, 7) is 3.71. The normalized spacial score (nSPS) is 11.6. The van der Waals surface area contributed by atoms with E-state index in [4.69, 9.17) is 0 Å². The van der Waals surface area contributed by atoms with Crippen LogP contribution in [0.25, 0.3) is 6.08 Å². The zero-order chi connectivity index (χ0) is 7.40. The molecule has 0 spiro atoms. The summed E-state index contributed by atoms with van der Waals surface area (Å²) in [6, 6.07) is 10.1. The molecule has 0 bridgehead atoms. The standard InChI is InChI=1S/C9H8Br/c1-8(10)7-9-5-3-2-4-6-9/h2-7H,1H2. The summed E-state index contributed by atoms with van der Waals surface area (Å²) >= 11 is 3.26. The number of hydrogen-bond donors (Lipinski definition) is 0. The molecule has 1 aromatic rings. The van der Waals surface area contributed by atoms with Gasteiger partial charge in [0.05, 0.1) is 0 Å². The van der Waals surface area contributed by atoms with Crippen LogP contribution in [0, 0.1) is 6.92 Å². The van der Waals surface area contributed by atoms with Gasteiger partial charge in [-0.3, -0.25) is 0 Å². The van der Waals surface area contributed by atoms with E-state index in [-0.39, 0.29) is 0 Å². The molecule has 1 rings (SSSR count). The molecule has 0 aromatic heterocycles. The Morgan fingerprint density at radius 2 is 1.90 bits per heavy atom. The van der Waals surface area contributed by atoms with Gasteiger partial charge in [0.15, 0.2) is 0 Å².